The highest BCUT2D eigenvalue weighted by Gasteiger charge is 2.42. The summed E-state index contributed by atoms with van der Waals surface area (Å²) in [5.41, 5.74) is -1.07. The van der Waals surface area contributed by atoms with Crippen LogP contribution in [0.5, 0.6) is 0 Å². The Morgan fingerprint density at radius 3 is 2.33 bits per heavy atom. The average molecular weight is 501 g/mol. The molecule has 0 radical (unpaired) electrons. The van der Waals surface area contributed by atoms with E-state index in [9.17, 15) is 27.9 Å². The zero-order valence-electron chi connectivity index (χ0n) is 18.5. The van der Waals surface area contributed by atoms with Gasteiger partial charge in [-0.05, 0) is 5.56 Å². The molecule has 1 atom stereocenters. The number of nitrogens with zero attached hydrogens (tertiary/aromatic N) is 3. The lowest BCUT2D eigenvalue weighted by atomic mass is 10.1. The molecule has 186 valence electrons. The Morgan fingerprint density at radius 1 is 1.00 bits per heavy atom. The summed E-state index contributed by atoms with van der Waals surface area (Å²) in [5.74, 6) is -2.25. The standard InChI is InChI=1S/C23H18F3N5O5/c1-27-15(32)11-28-21(34)18(33)12-7-9-14(10-8-12)20-29-22(36-31-20)17-16(23(24,25)26)19(35-30-17)13-5-3-2-4-6-13/h2-10,18,33H,11H2,1H3,(H,27,32)(H,28,34)/t18-/m1/s1. The first-order valence-electron chi connectivity index (χ1n) is 10.4. The van der Waals surface area contributed by atoms with Crippen molar-refractivity contribution in [1.82, 2.24) is 25.9 Å². The van der Waals surface area contributed by atoms with Crippen LogP contribution in [0.1, 0.15) is 17.2 Å². The van der Waals surface area contributed by atoms with Crippen molar-refractivity contribution in [2.75, 3.05) is 13.6 Å². The van der Waals surface area contributed by atoms with Crippen LogP contribution in [-0.2, 0) is 15.8 Å². The zero-order valence-corrected chi connectivity index (χ0v) is 18.5. The fourth-order valence-corrected chi connectivity index (χ4v) is 3.24. The molecule has 2 heterocycles. The quantitative estimate of drug-likeness (QED) is 0.351. The van der Waals surface area contributed by atoms with Gasteiger partial charge in [-0.3, -0.25) is 9.59 Å². The predicted molar refractivity (Wildman–Crippen MR) is 118 cm³/mol. The smallest absolute Gasteiger partial charge is 0.378 e. The Balaban J connectivity index is 1.57. The Hall–Kier alpha value is -4.52. The van der Waals surface area contributed by atoms with E-state index in [1.165, 1.54) is 43.4 Å². The molecular weight excluding hydrogens is 483 g/mol. The number of aromatic nitrogens is 3. The number of carbonyl (C=O) groups excluding carboxylic acids is 2. The van der Waals surface area contributed by atoms with Gasteiger partial charge in [-0.25, -0.2) is 0 Å². The first-order valence-corrected chi connectivity index (χ1v) is 10.4. The number of hydrogen-bond acceptors (Lipinski definition) is 8. The van der Waals surface area contributed by atoms with Gasteiger partial charge >= 0.3 is 6.18 Å². The Kier molecular flexibility index (Phi) is 6.83. The molecule has 2 aromatic heterocycles. The molecule has 0 aliphatic rings. The van der Waals surface area contributed by atoms with Crippen molar-refractivity contribution in [2.24, 2.45) is 0 Å². The number of nitrogens with one attached hydrogen (secondary N) is 2. The van der Waals surface area contributed by atoms with Crippen LogP contribution in [0.4, 0.5) is 13.2 Å². The predicted octanol–water partition coefficient (Wildman–Crippen LogP) is 2.97. The molecule has 0 aliphatic carbocycles. The van der Waals surface area contributed by atoms with Crippen molar-refractivity contribution in [3.63, 3.8) is 0 Å². The lowest BCUT2D eigenvalue weighted by Crippen LogP contribution is -2.37. The topological polar surface area (TPSA) is 143 Å². The third kappa shape index (κ3) is 5.10. The number of alkyl halides is 3. The van der Waals surface area contributed by atoms with E-state index in [2.05, 4.69) is 25.9 Å². The molecule has 0 bridgehead atoms. The number of aliphatic hydroxyl groups is 1. The van der Waals surface area contributed by atoms with Crippen LogP contribution in [0.25, 0.3) is 34.3 Å². The summed E-state index contributed by atoms with van der Waals surface area (Å²) in [7, 11) is 1.40. The summed E-state index contributed by atoms with van der Waals surface area (Å²) >= 11 is 0. The van der Waals surface area contributed by atoms with Crippen molar-refractivity contribution in [3.8, 4) is 34.3 Å². The van der Waals surface area contributed by atoms with Gasteiger partial charge in [0.25, 0.3) is 11.8 Å². The number of amides is 2. The van der Waals surface area contributed by atoms with E-state index in [1.54, 1.807) is 18.2 Å². The normalized spacial score (nSPS) is 12.2. The molecule has 4 rings (SSSR count). The summed E-state index contributed by atoms with van der Waals surface area (Å²) in [6.07, 6.45) is -6.36. The van der Waals surface area contributed by atoms with Gasteiger partial charge in [0.05, 0.1) is 6.54 Å². The highest BCUT2D eigenvalue weighted by Crippen LogP contribution is 2.43. The average Bonchev–Trinajstić information content (AvgIpc) is 3.55. The van der Waals surface area contributed by atoms with Gasteiger partial charge in [0.2, 0.25) is 11.7 Å². The van der Waals surface area contributed by atoms with E-state index in [1.807, 2.05) is 0 Å². The van der Waals surface area contributed by atoms with E-state index < -0.39 is 47.0 Å². The van der Waals surface area contributed by atoms with Crippen LogP contribution in [0.15, 0.2) is 63.6 Å². The van der Waals surface area contributed by atoms with Crippen LogP contribution in [0, 0.1) is 0 Å². The summed E-state index contributed by atoms with van der Waals surface area (Å²) < 4.78 is 51.7. The number of halogens is 3. The van der Waals surface area contributed by atoms with E-state index >= 15 is 0 Å². The number of aliphatic hydroxyl groups excluding tert-OH is 1. The molecule has 36 heavy (non-hydrogen) atoms. The van der Waals surface area contributed by atoms with Gasteiger partial charge in [0, 0.05) is 18.2 Å². The van der Waals surface area contributed by atoms with Crippen LogP contribution < -0.4 is 10.6 Å². The van der Waals surface area contributed by atoms with Crippen molar-refractivity contribution in [3.05, 3.63) is 65.7 Å². The minimum atomic E-state index is -4.81. The minimum Gasteiger partial charge on any atom is -0.378 e. The second-order valence-corrected chi connectivity index (χ2v) is 7.44. The van der Waals surface area contributed by atoms with E-state index in [-0.39, 0.29) is 23.5 Å². The van der Waals surface area contributed by atoms with Gasteiger partial charge in [-0.15, -0.1) is 0 Å². The molecule has 10 nitrogen and oxygen atoms in total. The molecule has 0 aliphatic heterocycles. The van der Waals surface area contributed by atoms with E-state index in [0.717, 1.165) is 0 Å². The summed E-state index contributed by atoms with van der Waals surface area (Å²) in [6.45, 7) is -0.302. The fraction of sp³-hybridized carbons (Fsp3) is 0.174. The van der Waals surface area contributed by atoms with Gasteiger partial charge in [-0.1, -0.05) is 64.9 Å². The van der Waals surface area contributed by atoms with Crippen LogP contribution >= 0.6 is 0 Å². The first kappa shape index (κ1) is 24.6. The summed E-state index contributed by atoms with van der Waals surface area (Å²) in [5, 5.41) is 22.0. The molecule has 2 aromatic carbocycles. The number of rotatable bonds is 7. The van der Waals surface area contributed by atoms with Gasteiger partial charge in [0.1, 0.15) is 5.56 Å². The van der Waals surface area contributed by atoms with Crippen molar-refractivity contribution >= 4 is 11.8 Å². The maximum absolute atomic E-state index is 13.9. The molecule has 3 N–H and O–H groups in total. The Labute approximate surface area is 201 Å². The second-order valence-electron chi connectivity index (χ2n) is 7.44. The monoisotopic (exact) mass is 501 g/mol. The molecular formula is C23H18F3N5O5. The molecule has 0 fully saturated rings. The largest absolute Gasteiger partial charge is 0.422 e. The highest BCUT2D eigenvalue weighted by atomic mass is 19.4. The maximum atomic E-state index is 13.9. The van der Waals surface area contributed by atoms with Crippen molar-refractivity contribution < 1.29 is 36.9 Å². The van der Waals surface area contributed by atoms with E-state index in [4.69, 9.17) is 9.05 Å². The Morgan fingerprint density at radius 2 is 1.69 bits per heavy atom. The molecule has 13 heteroatoms. The molecule has 0 saturated carbocycles. The summed E-state index contributed by atoms with van der Waals surface area (Å²) in [4.78, 5) is 27.2. The molecule has 2 amide bonds. The zero-order chi connectivity index (χ0) is 25.9. The number of benzene rings is 2. The van der Waals surface area contributed by atoms with Gasteiger partial charge in [0.15, 0.2) is 17.6 Å². The number of hydrogen-bond donors (Lipinski definition) is 3. The SMILES string of the molecule is CNC(=O)CNC(=O)[C@H](O)c1ccc(-c2noc(-c3noc(-c4ccccc4)c3C(F)(F)F)n2)cc1. The maximum Gasteiger partial charge on any atom is 0.422 e. The first-order chi connectivity index (χ1) is 17.2. The van der Waals surface area contributed by atoms with Crippen molar-refractivity contribution in [1.29, 1.82) is 0 Å². The highest BCUT2D eigenvalue weighted by molar-refractivity contribution is 5.87. The van der Waals surface area contributed by atoms with Gasteiger partial charge in [-0.2, -0.15) is 18.2 Å². The second kappa shape index (κ2) is 10.00. The Bertz CT molecular complexity index is 1370. The molecule has 4 aromatic rings. The van der Waals surface area contributed by atoms with Gasteiger partial charge < -0.3 is 24.8 Å². The lowest BCUT2D eigenvalue weighted by Gasteiger charge is -2.11. The number of carbonyl (C=O) groups is 2. The molecule has 0 unspecified atom stereocenters. The van der Waals surface area contributed by atoms with Crippen LogP contribution in [-0.4, -0.2) is 45.8 Å². The van der Waals surface area contributed by atoms with Crippen LogP contribution in [0.2, 0.25) is 0 Å². The lowest BCUT2D eigenvalue weighted by molar-refractivity contribution is -0.137. The molecule has 0 saturated heterocycles. The number of likely N-dealkylation sites (N-methyl/N-ethyl adjacent to an activating group) is 1. The fourth-order valence-electron chi connectivity index (χ4n) is 3.24. The third-order valence-electron chi connectivity index (χ3n) is 5.08. The van der Waals surface area contributed by atoms with E-state index in [0.29, 0.717) is 5.56 Å². The van der Waals surface area contributed by atoms with Crippen LogP contribution in [0.3, 0.4) is 0 Å². The minimum absolute atomic E-state index is 0.0486. The summed E-state index contributed by atoms with van der Waals surface area (Å²) in [6, 6.07) is 13.4. The third-order valence-corrected chi connectivity index (χ3v) is 5.08. The van der Waals surface area contributed by atoms with Crippen molar-refractivity contribution in [2.45, 2.75) is 12.3 Å². The molecule has 0 spiro atoms.